The highest BCUT2D eigenvalue weighted by Gasteiger charge is 2.53. The van der Waals surface area contributed by atoms with E-state index < -0.39 is 8.80 Å². The Morgan fingerprint density at radius 1 is 1.00 bits per heavy atom. The van der Waals surface area contributed by atoms with E-state index in [2.05, 4.69) is 20.8 Å². The summed E-state index contributed by atoms with van der Waals surface area (Å²) in [7, 11) is 2.54. The van der Waals surface area contributed by atoms with Crippen molar-refractivity contribution in [3.63, 3.8) is 0 Å². The fourth-order valence-electron chi connectivity index (χ4n) is 1.85. The molecule has 0 aliphatic rings. The van der Waals surface area contributed by atoms with Crippen molar-refractivity contribution in [1.82, 2.24) is 0 Å². The molecule has 0 aliphatic carbocycles. The summed E-state index contributed by atoms with van der Waals surface area (Å²) in [6, 6.07) is 0. The summed E-state index contributed by atoms with van der Waals surface area (Å²) in [6.07, 6.45) is 3.44. The third kappa shape index (κ3) is 2.79. The topological polar surface area (TPSA) is 27.7 Å². The van der Waals surface area contributed by atoms with Gasteiger partial charge in [0.2, 0.25) is 0 Å². The van der Waals surface area contributed by atoms with Crippen molar-refractivity contribution in [3.8, 4) is 0 Å². The van der Waals surface area contributed by atoms with Gasteiger partial charge in [0.15, 0.2) is 0 Å². The third-order valence-corrected chi connectivity index (χ3v) is 6.31. The van der Waals surface area contributed by atoms with Crippen LogP contribution in [0, 0.1) is 0 Å². The molecule has 0 saturated heterocycles. The average Bonchev–Trinajstić information content (AvgIpc) is 2.18. The van der Waals surface area contributed by atoms with Gasteiger partial charge in [-0.2, -0.15) is 0 Å². The largest absolute Gasteiger partial charge is 0.506 e. The number of hydrogen-bond donors (Lipinski definition) is 0. The van der Waals surface area contributed by atoms with Crippen LogP contribution < -0.4 is 0 Å². The van der Waals surface area contributed by atoms with E-state index in [1.54, 1.807) is 21.3 Å². The molecule has 0 saturated carbocycles. The molecule has 0 bridgehead atoms. The van der Waals surface area contributed by atoms with Crippen molar-refractivity contribution in [1.29, 1.82) is 0 Å². The van der Waals surface area contributed by atoms with Gasteiger partial charge in [-0.15, -0.1) is 0 Å². The Morgan fingerprint density at radius 3 is 1.71 bits per heavy atom. The van der Waals surface area contributed by atoms with Crippen molar-refractivity contribution in [2.75, 3.05) is 21.3 Å². The van der Waals surface area contributed by atoms with E-state index in [0.29, 0.717) is 0 Å². The Balaban J connectivity index is 4.60. The fourth-order valence-corrected chi connectivity index (χ4v) is 4.49. The molecule has 0 atom stereocenters. The second-order valence-corrected chi connectivity index (χ2v) is 7.85. The number of hydrogen-bond acceptors (Lipinski definition) is 3. The smallest absolute Gasteiger partial charge is 0.377 e. The molecule has 3 nitrogen and oxygen atoms in total. The first-order valence-electron chi connectivity index (χ1n) is 5.15. The van der Waals surface area contributed by atoms with Gasteiger partial charge in [-0.25, -0.2) is 0 Å². The third-order valence-electron chi connectivity index (χ3n) is 2.79. The average molecular weight is 220 g/mol. The number of rotatable bonds is 7. The summed E-state index contributed by atoms with van der Waals surface area (Å²) in [4.78, 5) is 0. The quantitative estimate of drug-likeness (QED) is 0.617. The summed E-state index contributed by atoms with van der Waals surface area (Å²) in [5.74, 6) is 0. The summed E-state index contributed by atoms with van der Waals surface area (Å²) < 4.78 is 16.5. The van der Waals surface area contributed by atoms with Crippen LogP contribution in [0.25, 0.3) is 0 Å². The molecule has 0 aliphatic heterocycles. The second-order valence-electron chi connectivity index (χ2n) is 4.16. The maximum Gasteiger partial charge on any atom is 0.506 e. The highest BCUT2D eigenvalue weighted by molar-refractivity contribution is 6.64. The van der Waals surface area contributed by atoms with Gasteiger partial charge in [-0.1, -0.05) is 33.6 Å². The normalized spacial score (nSPS) is 13.3. The van der Waals surface area contributed by atoms with Gasteiger partial charge < -0.3 is 13.3 Å². The maximum absolute atomic E-state index is 5.49. The molecule has 86 valence electrons. The van der Waals surface area contributed by atoms with E-state index in [0.717, 1.165) is 6.42 Å². The van der Waals surface area contributed by atoms with Crippen LogP contribution in [0.2, 0.25) is 5.04 Å². The van der Waals surface area contributed by atoms with Gasteiger partial charge in [-0.05, 0) is 6.42 Å². The molecule has 0 aromatic heterocycles. The van der Waals surface area contributed by atoms with Crippen LogP contribution in [0.15, 0.2) is 0 Å². The molecular weight excluding hydrogens is 196 g/mol. The van der Waals surface area contributed by atoms with E-state index in [9.17, 15) is 0 Å². The molecule has 0 unspecified atom stereocenters. The Labute approximate surface area is 89.1 Å². The van der Waals surface area contributed by atoms with Crippen LogP contribution in [-0.4, -0.2) is 30.1 Å². The molecule has 0 fully saturated rings. The lowest BCUT2D eigenvalue weighted by Gasteiger charge is -2.38. The predicted octanol–water partition coefficient (Wildman–Crippen LogP) is 2.83. The van der Waals surface area contributed by atoms with Crippen LogP contribution in [-0.2, 0) is 13.3 Å². The highest BCUT2D eigenvalue weighted by atomic mass is 28.4. The van der Waals surface area contributed by atoms with Gasteiger partial charge in [0.05, 0.1) is 0 Å². The first-order chi connectivity index (χ1) is 6.49. The Bertz CT molecular complexity index is 147. The molecule has 0 amide bonds. The molecular formula is C10H24O3Si. The zero-order valence-electron chi connectivity index (χ0n) is 10.3. The van der Waals surface area contributed by atoms with Crippen molar-refractivity contribution in [3.05, 3.63) is 0 Å². The SMILES string of the molecule is CCCCC(C)(C)[Si](OC)(OC)OC. The summed E-state index contributed by atoms with van der Waals surface area (Å²) >= 11 is 0. The monoisotopic (exact) mass is 220 g/mol. The van der Waals surface area contributed by atoms with Crippen LogP contribution in [0.1, 0.15) is 40.0 Å². The Morgan fingerprint density at radius 2 is 1.43 bits per heavy atom. The first-order valence-corrected chi connectivity index (χ1v) is 6.87. The molecule has 0 heterocycles. The lowest BCUT2D eigenvalue weighted by Crippen LogP contribution is -2.52. The zero-order chi connectivity index (χ0) is 11.2. The van der Waals surface area contributed by atoms with Gasteiger partial charge in [-0.3, -0.25) is 0 Å². The van der Waals surface area contributed by atoms with Crippen LogP contribution >= 0.6 is 0 Å². The minimum Gasteiger partial charge on any atom is -0.377 e. The molecule has 4 heteroatoms. The van der Waals surface area contributed by atoms with E-state index in [-0.39, 0.29) is 5.04 Å². The lowest BCUT2D eigenvalue weighted by molar-refractivity contribution is 0.0927. The van der Waals surface area contributed by atoms with Crippen molar-refractivity contribution >= 4 is 8.80 Å². The standard InChI is InChI=1S/C10H24O3Si/c1-7-8-9-10(2,3)14(11-4,12-5)13-6/h7-9H2,1-6H3. The minimum absolute atomic E-state index is 0.0126. The second kappa shape index (κ2) is 5.85. The van der Waals surface area contributed by atoms with Crippen molar-refractivity contribution < 1.29 is 13.3 Å². The van der Waals surface area contributed by atoms with Gasteiger partial charge in [0.25, 0.3) is 0 Å². The van der Waals surface area contributed by atoms with Gasteiger partial charge in [0.1, 0.15) is 0 Å². The zero-order valence-corrected chi connectivity index (χ0v) is 11.3. The van der Waals surface area contributed by atoms with Gasteiger partial charge >= 0.3 is 8.80 Å². The van der Waals surface area contributed by atoms with Crippen LogP contribution in [0.4, 0.5) is 0 Å². The van der Waals surface area contributed by atoms with Crippen molar-refractivity contribution in [2.24, 2.45) is 0 Å². The van der Waals surface area contributed by atoms with E-state index in [4.69, 9.17) is 13.3 Å². The highest BCUT2D eigenvalue weighted by Crippen LogP contribution is 2.42. The molecule has 0 spiro atoms. The van der Waals surface area contributed by atoms with E-state index in [1.165, 1.54) is 12.8 Å². The molecule has 0 radical (unpaired) electrons. The molecule has 0 N–H and O–H groups in total. The first kappa shape index (κ1) is 14.1. The summed E-state index contributed by atoms with van der Waals surface area (Å²) in [6.45, 7) is 6.50. The number of unbranched alkanes of at least 4 members (excludes halogenated alkanes) is 1. The van der Waals surface area contributed by atoms with Crippen molar-refractivity contribution in [2.45, 2.75) is 45.1 Å². The molecule has 14 heavy (non-hydrogen) atoms. The molecule has 0 aromatic carbocycles. The van der Waals surface area contributed by atoms with E-state index in [1.807, 2.05) is 0 Å². The van der Waals surface area contributed by atoms with Crippen LogP contribution in [0.5, 0.6) is 0 Å². The van der Waals surface area contributed by atoms with Crippen LogP contribution in [0.3, 0.4) is 0 Å². The minimum atomic E-state index is -2.48. The molecule has 0 aromatic rings. The summed E-state index contributed by atoms with van der Waals surface area (Å²) in [5.41, 5.74) is 0. The Hall–Kier alpha value is 0.0969. The predicted molar refractivity (Wildman–Crippen MR) is 60.3 cm³/mol. The fraction of sp³-hybridized carbons (Fsp3) is 1.00. The summed E-state index contributed by atoms with van der Waals surface area (Å²) in [5, 5.41) is -0.0126. The van der Waals surface area contributed by atoms with E-state index >= 15 is 0 Å². The lowest BCUT2D eigenvalue weighted by atomic mass is 10.1. The Kier molecular flexibility index (Phi) is 5.89. The maximum atomic E-state index is 5.49. The van der Waals surface area contributed by atoms with Gasteiger partial charge in [0, 0.05) is 26.4 Å². The molecule has 0 rings (SSSR count).